The summed E-state index contributed by atoms with van der Waals surface area (Å²) in [5.74, 6) is 0. The Bertz CT molecular complexity index is 4540. The van der Waals surface area contributed by atoms with Crippen molar-refractivity contribution >= 4 is 0 Å². The summed E-state index contributed by atoms with van der Waals surface area (Å²) >= 11 is 0. The first-order valence-corrected chi connectivity index (χ1v) is 33.5. The SMILES string of the molecule is Cc1ccc(-c2c(C)ccc[n+]2C)c(C)c1.Cc1ccc(C)c(-c2cccc[n+]2C)c1C.Cc1ccc(C)c(-c2cccc[n+]2C)c1C.Cc1cccc(-c2c(C)ccc[n+]2C)c1C.Cc1cccc(-c2c(C)ccc[n+]2C)c1C.[2H]C([2H])([2H])c1cc(C)c(-c2cccc[n+]2C)c(C)c1. The summed E-state index contributed by atoms with van der Waals surface area (Å²) in [4.78, 5) is 0. The molecule has 0 saturated heterocycles. The van der Waals surface area contributed by atoms with Gasteiger partial charge in [-0.2, -0.15) is 0 Å². The van der Waals surface area contributed by atoms with Gasteiger partial charge in [-0.25, -0.2) is 27.4 Å². The Morgan fingerprint density at radius 3 is 0.875 bits per heavy atom. The Balaban J connectivity index is 0.000000167. The lowest BCUT2D eigenvalue weighted by molar-refractivity contribution is -0.660. The molecule has 6 heterocycles. The maximum Gasteiger partial charge on any atom is 0.215 e. The molecule has 0 atom stereocenters. The number of pyridine rings is 6. The van der Waals surface area contributed by atoms with E-state index in [-0.39, 0.29) is 0 Å². The van der Waals surface area contributed by atoms with Crippen LogP contribution in [0.2, 0.25) is 0 Å². The highest BCUT2D eigenvalue weighted by Crippen LogP contribution is 2.31. The van der Waals surface area contributed by atoms with Crippen molar-refractivity contribution in [2.24, 2.45) is 42.3 Å². The Kier molecular flexibility index (Phi) is 24.1. The highest BCUT2D eigenvalue weighted by atomic mass is 14.9. The normalized spacial score (nSPS) is 11.1. The highest BCUT2D eigenvalue weighted by molar-refractivity contribution is 5.70. The van der Waals surface area contributed by atoms with E-state index in [0.717, 1.165) is 22.4 Å². The van der Waals surface area contributed by atoms with Crippen molar-refractivity contribution in [2.75, 3.05) is 0 Å². The Morgan fingerprint density at radius 1 is 0.219 bits per heavy atom. The third kappa shape index (κ3) is 18.0. The number of benzene rings is 6. The maximum absolute atomic E-state index is 7.51. The molecule has 6 aromatic heterocycles. The summed E-state index contributed by atoms with van der Waals surface area (Å²) in [5, 5.41) is 0. The van der Waals surface area contributed by atoms with Crippen molar-refractivity contribution in [3.05, 3.63) is 319 Å². The molecule has 0 bridgehead atoms. The molecular weight excluding hydrogens is 1170 g/mol. The van der Waals surface area contributed by atoms with Gasteiger partial charge in [-0.05, 0) is 251 Å². The smallest absolute Gasteiger partial charge is 0.201 e. The highest BCUT2D eigenvalue weighted by Gasteiger charge is 2.21. The van der Waals surface area contributed by atoms with Gasteiger partial charge in [-0.3, -0.25) is 0 Å². The molecule has 12 rings (SSSR count). The van der Waals surface area contributed by atoms with Crippen LogP contribution in [0.25, 0.3) is 67.5 Å². The Hall–Kier alpha value is -9.78. The molecule has 6 heteroatoms. The molecule has 0 radical (unpaired) electrons. The van der Waals surface area contributed by atoms with E-state index in [4.69, 9.17) is 4.11 Å². The van der Waals surface area contributed by atoms with E-state index >= 15 is 0 Å². The lowest BCUT2D eigenvalue weighted by Crippen LogP contribution is -2.31. The molecular formula is C90H108N6+6. The van der Waals surface area contributed by atoms with Gasteiger partial charge in [-0.1, -0.05) is 83.9 Å². The van der Waals surface area contributed by atoms with Gasteiger partial charge in [0.1, 0.15) is 42.3 Å². The zero-order chi connectivity index (χ0) is 72.7. The quantitative estimate of drug-likeness (QED) is 0.148. The van der Waals surface area contributed by atoms with E-state index < -0.39 is 6.85 Å². The van der Waals surface area contributed by atoms with E-state index in [9.17, 15) is 0 Å². The van der Waals surface area contributed by atoms with Crippen LogP contribution < -0.4 is 27.4 Å². The monoisotopic (exact) mass is 1280 g/mol. The average Bonchev–Trinajstić information content (AvgIpc) is 0.749. The predicted octanol–water partition coefficient (Wildman–Crippen LogP) is 18.6. The summed E-state index contributed by atoms with van der Waals surface area (Å²) in [6.45, 7) is 34.5. The summed E-state index contributed by atoms with van der Waals surface area (Å²) in [6.07, 6.45) is 12.5. The van der Waals surface area contributed by atoms with Crippen LogP contribution in [0.3, 0.4) is 0 Å². The molecule has 0 unspecified atom stereocenters. The van der Waals surface area contributed by atoms with Gasteiger partial charge in [0.05, 0.1) is 16.7 Å². The zero-order valence-electron chi connectivity index (χ0n) is 65.0. The molecule has 492 valence electrons. The van der Waals surface area contributed by atoms with Gasteiger partial charge < -0.3 is 0 Å². The Morgan fingerprint density at radius 2 is 0.531 bits per heavy atom. The van der Waals surface area contributed by atoms with Crippen molar-refractivity contribution in [3.8, 4) is 67.5 Å². The molecule has 0 saturated carbocycles. The van der Waals surface area contributed by atoms with Crippen LogP contribution in [-0.2, 0) is 42.3 Å². The molecule has 6 aromatic carbocycles. The standard InChI is InChI=1S/6C15H18N/c2*1-11-7-5-9-14(13(11)3)15-12(2)8-6-10-16(15)4;1-11-7-8-14(13(3)10-11)15-12(2)6-5-9-16(15)4;2*1-11-8-9-12(2)15(13(11)3)14-7-5-6-10-16(14)4;1-11-9-12(2)15(13(3)10-11)14-7-5-6-8-16(14)4/h6*5-10H,1-4H3/q6*+1/i;;;;;1D3. The number of aromatic nitrogens is 6. The Labute approximate surface area is 582 Å². The minimum atomic E-state index is -2.05. The zero-order valence-corrected chi connectivity index (χ0v) is 62.0. The second-order valence-electron chi connectivity index (χ2n) is 26.2. The topological polar surface area (TPSA) is 23.3 Å². The molecule has 0 aliphatic heterocycles. The lowest BCUT2D eigenvalue weighted by atomic mass is 9.95. The number of hydrogen-bond donors (Lipinski definition) is 0. The fourth-order valence-corrected chi connectivity index (χ4v) is 13.0. The van der Waals surface area contributed by atoms with Gasteiger partial charge in [0, 0.05) is 92.1 Å². The second kappa shape index (κ2) is 33.6. The van der Waals surface area contributed by atoms with Crippen LogP contribution >= 0.6 is 0 Å². The predicted molar refractivity (Wildman–Crippen MR) is 404 cm³/mol. The lowest BCUT2D eigenvalue weighted by Gasteiger charge is -2.10. The largest absolute Gasteiger partial charge is 0.215 e. The van der Waals surface area contributed by atoms with Crippen molar-refractivity contribution in [1.82, 2.24) is 0 Å². The van der Waals surface area contributed by atoms with Crippen LogP contribution in [0, 0.1) is 125 Å². The molecule has 12 aromatic rings. The van der Waals surface area contributed by atoms with Crippen LogP contribution in [-0.4, -0.2) is 0 Å². The van der Waals surface area contributed by atoms with Crippen molar-refractivity contribution in [3.63, 3.8) is 0 Å². The number of rotatable bonds is 6. The molecule has 6 nitrogen and oxygen atoms in total. The van der Waals surface area contributed by atoms with Gasteiger partial charge in [0.2, 0.25) is 34.2 Å². The molecule has 96 heavy (non-hydrogen) atoms. The second-order valence-corrected chi connectivity index (χ2v) is 26.2. The van der Waals surface area contributed by atoms with Crippen LogP contribution in [0.15, 0.2) is 219 Å². The molecule has 0 amide bonds. The molecule has 0 fully saturated rings. The first-order chi connectivity index (χ1) is 46.8. The van der Waals surface area contributed by atoms with Gasteiger partial charge in [0.15, 0.2) is 37.2 Å². The van der Waals surface area contributed by atoms with Crippen LogP contribution in [0.5, 0.6) is 0 Å². The average molecular weight is 1280 g/mol. The van der Waals surface area contributed by atoms with Crippen molar-refractivity contribution in [2.45, 2.75) is 125 Å². The third-order valence-electron chi connectivity index (χ3n) is 18.9. The summed E-state index contributed by atoms with van der Waals surface area (Å²) in [7, 11) is 12.5. The first kappa shape index (κ1) is 69.1. The third-order valence-corrected chi connectivity index (χ3v) is 18.9. The van der Waals surface area contributed by atoms with E-state index in [1.54, 1.807) is 12.1 Å². The number of hydrogen-bond acceptors (Lipinski definition) is 0. The summed E-state index contributed by atoms with van der Waals surface area (Å²) < 4.78 is 35.5. The summed E-state index contributed by atoms with van der Waals surface area (Å²) in [5.41, 5.74) is 38.0. The molecule has 0 spiro atoms. The number of aryl methyl sites for hydroxylation is 20. The fourth-order valence-electron chi connectivity index (χ4n) is 13.0. The summed E-state index contributed by atoms with van der Waals surface area (Å²) in [6, 6.07) is 63.3. The van der Waals surface area contributed by atoms with Gasteiger partial charge in [-0.15, -0.1) is 0 Å². The fraction of sp³-hybridized carbons (Fsp3) is 0.267. The van der Waals surface area contributed by atoms with E-state index in [0.29, 0.717) is 5.56 Å². The van der Waals surface area contributed by atoms with Crippen LogP contribution in [0.4, 0.5) is 0 Å². The molecule has 0 aliphatic carbocycles. The van der Waals surface area contributed by atoms with Crippen LogP contribution in [0.1, 0.15) is 104 Å². The van der Waals surface area contributed by atoms with E-state index in [1.807, 2.05) is 49.9 Å². The molecule has 0 N–H and O–H groups in total. The first-order valence-electron chi connectivity index (χ1n) is 35.0. The van der Waals surface area contributed by atoms with E-state index in [1.165, 1.54) is 140 Å². The van der Waals surface area contributed by atoms with Gasteiger partial charge in [0.25, 0.3) is 0 Å². The van der Waals surface area contributed by atoms with Crippen molar-refractivity contribution in [1.29, 1.82) is 0 Å². The minimum absolute atomic E-state index is 0.407. The minimum Gasteiger partial charge on any atom is -0.201 e. The maximum atomic E-state index is 7.51. The number of nitrogens with zero attached hydrogens (tertiary/aromatic N) is 6. The van der Waals surface area contributed by atoms with Gasteiger partial charge >= 0.3 is 0 Å². The van der Waals surface area contributed by atoms with E-state index in [2.05, 4.69) is 345 Å². The molecule has 0 aliphatic rings. The van der Waals surface area contributed by atoms with Crippen molar-refractivity contribution < 1.29 is 31.5 Å².